The fraction of sp³-hybridized carbons (Fsp3) is 1.00. The molecule has 0 aromatic rings. The third kappa shape index (κ3) is 2.34. The summed E-state index contributed by atoms with van der Waals surface area (Å²) in [4.78, 5) is 0. The molecule has 0 spiro atoms. The van der Waals surface area contributed by atoms with E-state index >= 15 is 0 Å². The fourth-order valence-corrected chi connectivity index (χ4v) is 2.42. The molecule has 2 nitrogen and oxygen atoms in total. The predicted octanol–water partition coefficient (Wildman–Crippen LogP) is 1.19. The second-order valence-electron chi connectivity index (χ2n) is 2.81. The van der Waals surface area contributed by atoms with Gasteiger partial charge in [0.05, 0.1) is 0 Å². The van der Waals surface area contributed by atoms with Gasteiger partial charge in [-0.3, -0.25) is 0 Å². The van der Waals surface area contributed by atoms with E-state index in [0.29, 0.717) is 18.1 Å². The van der Waals surface area contributed by atoms with Crippen LogP contribution in [0.5, 0.6) is 0 Å². The number of hydrogen-bond acceptors (Lipinski definition) is 4. The van der Waals surface area contributed by atoms with Gasteiger partial charge in [-0.25, -0.2) is 0 Å². The van der Waals surface area contributed by atoms with Crippen molar-refractivity contribution in [2.24, 2.45) is 0 Å². The molecule has 1 saturated carbocycles. The van der Waals surface area contributed by atoms with E-state index in [-0.39, 0.29) is 0 Å². The van der Waals surface area contributed by atoms with Crippen molar-refractivity contribution in [3.8, 4) is 0 Å². The molecule has 1 aliphatic carbocycles. The van der Waals surface area contributed by atoms with Crippen molar-refractivity contribution in [3.05, 3.63) is 0 Å². The second kappa shape index (κ2) is 3.34. The molecule has 4 heteroatoms. The smallest absolute Gasteiger partial charge is 0.163 e. The van der Waals surface area contributed by atoms with Crippen molar-refractivity contribution >= 4 is 22.5 Å². The lowest BCUT2D eigenvalue weighted by Crippen LogP contribution is -2.35. The monoisotopic (exact) mass is 180 g/mol. The Hall–Kier alpha value is 0.620. The van der Waals surface area contributed by atoms with Gasteiger partial charge in [-0.1, -0.05) is 10.8 Å². The third-order valence-corrected chi connectivity index (χ3v) is 3.40. The first-order valence-electron chi connectivity index (χ1n) is 3.39. The van der Waals surface area contributed by atoms with Gasteiger partial charge in [-0.05, 0) is 12.8 Å². The molecule has 1 unspecified atom stereocenters. The van der Waals surface area contributed by atoms with E-state index < -0.39 is 5.79 Å². The Labute approximate surface area is 69.8 Å². The van der Waals surface area contributed by atoms with Crippen molar-refractivity contribution in [3.63, 3.8) is 0 Å². The molecule has 1 atom stereocenters. The molecular weight excluding hydrogens is 168 g/mol. The quantitative estimate of drug-likeness (QED) is 0.322. The van der Waals surface area contributed by atoms with Crippen LogP contribution < -0.4 is 0 Å². The van der Waals surface area contributed by atoms with E-state index in [9.17, 15) is 10.2 Å². The molecule has 0 aromatic carbocycles. The van der Waals surface area contributed by atoms with Gasteiger partial charge in [0.1, 0.15) is 0 Å². The van der Waals surface area contributed by atoms with E-state index in [1.807, 2.05) is 0 Å². The van der Waals surface area contributed by atoms with Gasteiger partial charge in [0.25, 0.3) is 0 Å². The van der Waals surface area contributed by atoms with Gasteiger partial charge in [0.2, 0.25) is 0 Å². The third-order valence-electron chi connectivity index (χ3n) is 1.81. The number of rotatable bonds is 1. The van der Waals surface area contributed by atoms with Gasteiger partial charge < -0.3 is 10.2 Å². The van der Waals surface area contributed by atoms with Crippen LogP contribution in [0, 0.1) is 0 Å². The second-order valence-corrected chi connectivity index (χ2v) is 4.32. The first kappa shape index (κ1) is 8.71. The maximum absolute atomic E-state index is 9.18. The van der Waals surface area contributed by atoms with Crippen LogP contribution in [0.2, 0.25) is 0 Å². The van der Waals surface area contributed by atoms with Gasteiger partial charge in [0, 0.05) is 18.1 Å². The molecule has 2 N–H and O–H groups in total. The lowest BCUT2D eigenvalue weighted by atomic mass is 9.94. The van der Waals surface area contributed by atoms with Crippen LogP contribution in [0.3, 0.4) is 0 Å². The number of hydrogen-bond donors (Lipinski definition) is 3. The summed E-state index contributed by atoms with van der Waals surface area (Å²) in [6, 6.07) is 0. The number of thiol groups is 1. The van der Waals surface area contributed by atoms with Crippen LogP contribution in [0.4, 0.5) is 0 Å². The molecule has 0 aromatic heterocycles. The minimum absolute atomic E-state index is 0.312. The Kier molecular flexibility index (Phi) is 2.91. The van der Waals surface area contributed by atoms with Crippen molar-refractivity contribution in [2.75, 3.05) is 0 Å². The van der Waals surface area contributed by atoms with Crippen molar-refractivity contribution in [1.82, 2.24) is 0 Å². The minimum atomic E-state index is -1.42. The van der Waals surface area contributed by atoms with Crippen molar-refractivity contribution in [2.45, 2.75) is 36.7 Å². The van der Waals surface area contributed by atoms with Gasteiger partial charge in [0.15, 0.2) is 5.79 Å². The molecule has 0 radical (unpaired) electrons. The van der Waals surface area contributed by atoms with Crippen LogP contribution >= 0.6 is 22.5 Å². The maximum atomic E-state index is 9.18. The molecule has 1 rings (SSSR count). The van der Waals surface area contributed by atoms with Crippen LogP contribution in [0.25, 0.3) is 0 Å². The Morgan fingerprint density at radius 2 is 2.20 bits per heavy atom. The summed E-state index contributed by atoms with van der Waals surface area (Å²) in [6.07, 6.45) is 2.92. The SMILES string of the molecule is OC1(O)CCCC(SS)C1. The van der Waals surface area contributed by atoms with E-state index in [1.54, 1.807) is 0 Å². The molecule has 60 valence electrons. The van der Waals surface area contributed by atoms with Crippen LogP contribution in [0.1, 0.15) is 25.7 Å². The van der Waals surface area contributed by atoms with Crippen LogP contribution in [-0.2, 0) is 0 Å². The van der Waals surface area contributed by atoms with Gasteiger partial charge >= 0.3 is 0 Å². The number of aliphatic hydroxyl groups is 2. The summed E-state index contributed by atoms with van der Waals surface area (Å²) < 4.78 is 0. The zero-order chi connectivity index (χ0) is 7.61. The molecule has 0 amide bonds. The van der Waals surface area contributed by atoms with E-state index in [1.165, 1.54) is 10.8 Å². The Morgan fingerprint density at radius 1 is 1.50 bits per heavy atom. The summed E-state index contributed by atoms with van der Waals surface area (Å²) in [5.74, 6) is -1.42. The first-order valence-corrected chi connectivity index (χ1v) is 5.32. The van der Waals surface area contributed by atoms with Gasteiger partial charge in [-0.2, -0.15) is 0 Å². The maximum Gasteiger partial charge on any atom is 0.163 e. The predicted molar refractivity (Wildman–Crippen MR) is 46.0 cm³/mol. The minimum Gasteiger partial charge on any atom is -0.366 e. The summed E-state index contributed by atoms with van der Waals surface area (Å²) in [7, 11) is 1.42. The summed E-state index contributed by atoms with van der Waals surface area (Å²) in [5, 5.41) is 18.7. The molecule has 1 fully saturated rings. The summed E-state index contributed by atoms with van der Waals surface area (Å²) in [5.41, 5.74) is 0. The van der Waals surface area contributed by atoms with E-state index in [2.05, 4.69) is 11.7 Å². The van der Waals surface area contributed by atoms with E-state index in [0.717, 1.165) is 12.8 Å². The van der Waals surface area contributed by atoms with E-state index in [4.69, 9.17) is 0 Å². The zero-order valence-electron chi connectivity index (χ0n) is 5.66. The lowest BCUT2D eigenvalue weighted by Gasteiger charge is -2.30. The molecule has 0 heterocycles. The summed E-state index contributed by atoms with van der Waals surface area (Å²) in [6.45, 7) is 0. The van der Waals surface area contributed by atoms with Crippen molar-refractivity contribution < 1.29 is 10.2 Å². The Bertz CT molecular complexity index is 116. The highest BCUT2D eigenvalue weighted by Crippen LogP contribution is 2.34. The highest BCUT2D eigenvalue weighted by atomic mass is 33.1. The highest BCUT2D eigenvalue weighted by Gasteiger charge is 2.31. The molecule has 1 aliphatic rings. The molecule has 0 bridgehead atoms. The fourth-order valence-electron chi connectivity index (χ4n) is 1.27. The van der Waals surface area contributed by atoms with Crippen molar-refractivity contribution in [1.29, 1.82) is 0 Å². The Balaban J connectivity index is 2.40. The average molecular weight is 180 g/mol. The zero-order valence-corrected chi connectivity index (χ0v) is 7.37. The van der Waals surface area contributed by atoms with Crippen LogP contribution in [0.15, 0.2) is 0 Å². The first-order chi connectivity index (χ1) is 4.64. The molecular formula is C6H12O2S2. The largest absolute Gasteiger partial charge is 0.366 e. The standard InChI is InChI=1S/C6H12O2S2/c7-6(8)3-1-2-5(4-6)10-9/h5,7-9H,1-4H2. The lowest BCUT2D eigenvalue weighted by molar-refractivity contribution is -0.178. The Morgan fingerprint density at radius 3 is 2.60 bits per heavy atom. The van der Waals surface area contributed by atoms with Gasteiger partial charge in [-0.15, -0.1) is 11.7 Å². The topological polar surface area (TPSA) is 40.5 Å². The highest BCUT2D eigenvalue weighted by molar-refractivity contribution is 8.68. The van der Waals surface area contributed by atoms with Crippen LogP contribution in [-0.4, -0.2) is 21.3 Å². The average Bonchev–Trinajstić information content (AvgIpc) is 1.86. The molecule has 0 saturated heterocycles. The molecule has 10 heavy (non-hydrogen) atoms. The normalized spacial score (nSPS) is 32.1. The molecule has 0 aliphatic heterocycles. The summed E-state index contributed by atoms with van der Waals surface area (Å²) >= 11 is 4.04.